The molecule has 0 saturated carbocycles. The summed E-state index contributed by atoms with van der Waals surface area (Å²) in [6.45, 7) is 3.52. The maximum atomic E-state index is 13.1. The number of hydrogen-bond donors (Lipinski definition) is 1. The fourth-order valence-corrected chi connectivity index (χ4v) is 4.89. The van der Waals surface area contributed by atoms with Gasteiger partial charge in [-0.25, -0.2) is 17.8 Å². The van der Waals surface area contributed by atoms with Crippen molar-refractivity contribution in [3.63, 3.8) is 0 Å². The molecule has 0 aliphatic carbocycles. The van der Waals surface area contributed by atoms with Crippen LogP contribution >= 0.6 is 11.3 Å². The fraction of sp³-hybridized carbons (Fsp3) is 0.100. The lowest BCUT2D eigenvalue weighted by atomic mass is 10.1. The van der Waals surface area contributed by atoms with Crippen LogP contribution in [0.4, 0.5) is 10.1 Å². The van der Waals surface area contributed by atoms with Crippen molar-refractivity contribution in [2.45, 2.75) is 18.7 Å². The Morgan fingerprint density at radius 3 is 2.55 bits per heavy atom. The lowest BCUT2D eigenvalue weighted by Gasteiger charge is -2.10. The summed E-state index contributed by atoms with van der Waals surface area (Å²) in [6.07, 6.45) is 0. The van der Waals surface area contributed by atoms with Crippen LogP contribution in [0, 0.1) is 19.7 Å². The first-order chi connectivity index (χ1) is 13.8. The Hall–Kier alpha value is -3.04. The summed E-state index contributed by atoms with van der Waals surface area (Å²) < 4.78 is 42.2. The summed E-state index contributed by atoms with van der Waals surface area (Å²) in [6, 6.07) is 11.3. The third kappa shape index (κ3) is 3.54. The molecular weight excluding hydrogens is 413 g/mol. The predicted octanol–water partition coefficient (Wildman–Crippen LogP) is 3.98. The molecule has 0 aliphatic heterocycles. The molecule has 0 saturated heterocycles. The second-order valence-corrected chi connectivity index (χ2v) is 9.03. The molecule has 2 aromatic heterocycles. The zero-order valence-corrected chi connectivity index (χ0v) is 17.1. The number of sulfonamides is 1. The standard InChI is InChI=1S/C20H16FN3O3S2/c1-12-13(2)22-20-24(19(12)25)18(11-28-20)14-4-3-5-16(10-14)23-29(26,27)17-8-6-15(21)7-9-17/h3-11,23H,1-2H3. The van der Waals surface area contributed by atoms with Gasteiger partial charge < -0.3 is 0 Å². The minimum atomic E-state index is -3.87. The molecule has 4 aromatic rings. The minimum absolute atomic E-state index is 0.0446. The highest BCUT2D eigenvalue weighted by atomic mass is 32.2. The number of nitrogens with zero attached hydrogens (tertiary/aromatic N) is 2. The molecule has 0 amide bonds. The van der Waals surface area contributed by atoms with Crippen LogP contribution in [0.15, 0.2) is 63.6 Å². The van der Waals surface area contributed by atoms with Crippen molar-refractivity contribution in [3.05, 3.63) is 81.3 Å². The monoisotopic (exact) mass is 429 g/mol. The molecule has 4 rings (SSSR count). The highest BCUT2D eigenvalue weighted by molar-refractivity contribution is 7.92. The molecule has 29 heavy (non-hydrogen) atoms. The van der Waals surface area contributed by atoms with Gasteiger partial charge in [-0.15, -0.1) is 11.3 Å². The van der Waals surface area contributed by atoms with Gasteiger partial charge in [0.05, 0.1) is 10.6 Å². The fourth-order valence-electron chi connectivity index (χ4n) is 2.91. The summed E-state index contributed by atoms with van der Waals surface area (Å²) in [7, 11) is -3.87. The number of nitrogens with one attached hydrogen (secondary N) is 1. The van der Waals surface area contributed by atoms with Gasteiger partial charge in [0.15, 0.2) is 4.96 Å². The molecule has 0 fully saturated rings. The van der Waals surface area contributed by atoms with Crippen molar-refractivity contribution in [1.82, 2.24) is 9.38 Å². The molecule has 148 valence electrons. The zero-order valence-electron chi connectivity index (χ0n) is 15.5. The SMILES string of the molecule is Cc1nc2scc(-c3cccc(NS(=O)(=O)c4ccc(F)cc4)c3)n2c(=O)c1C. The smallest absolute Gasteiger partial charge is 0.262 e. The first-order valence-corrected chi connectivity index (χ1v) is 11.0. The van der Waals surface area contributed by atoms with Gasteiger partial charge in [-0.1, -0.05) is 12.1 Å². The van der Waals surface area contributed by atoms with E-state index >= 15 is 0 Å². The van der Waals surface area contributed by atoms with E-state index in [0.717, 1.165) is 12.1 Å². The average molecular weight is 429 g/mol. The number of halogens is 1. The molecular formula is C20H16FN3O3S2. The van der Waals surface area contributed by atoms with E-state index in [4.69, 9.17) is 0 Å². The van der Waals surface area contributed by atoms with Gasteiger partial charge in [-0.2, -0.15) is 0 Å². The van der Waals surface area contributed by atoms with Crippen LogP contribution in [0.1, 0.15) is 11.3 Å². The van der Waals surface area contributed by atoms with E-state index in [2.05, 4.69) is 9.71 Å². The molecule has 1 N–H and O–H groups in total. The minimum Gasteiger partial charge on any atom is -0.280 e. The van der Waals surface area contributed by atoms with Gasteiger partial charge in [0, 0.05) is 27.9 Å². The third-order valence-corrected chi connectivity index (χ3v) is 6.80. The van der Waals surface area contributed by atoms with Crippen LogP contribution in [-0.2, 0) is 10.0 Å². The van der Waals surface area contributed by atoms with Gasteiger partial charge in [-0.3, -0.25) is 13.9 Å². The number of anilines is 1. The molecule has 0 bridgehead atoms. The van der Waals surface area contributed by atoms with E-state index in [9.17, 15) is 17.6 Å². The summed E-state index contributed by atoms with van der Waals surface area (Å²) in [4.78, 5) is 17.7. The summed E-state index contributed by atoms with van der Waals surface area (Å²) in [5, 5.41) is 1.82. The Kier molecular flexibility index (Phi) is 4.71. The number of hydrogen-bond acceptors (Lipinski definition) is 5. The van der Waals surface area contributed by atoms with Crippen LogP contribution in [0.2, 0.25) is 0 Å². The molecule has 0 radical (unpaired) electrons. The summed E-state index contributed by atoms with van der Waals surface area (Å²) >= 11 is 1.34. The first-order valence-electron chi connectivity index (χ1n) is 8.62. The number of benzene rings is 2. The van der Waals surface area contributed by atoms with E-state index < -0.39 is 15.8 Å². The maximum Gasteiger partial charge on any atom is 0.262 e. The topological polar surface area (TPSA) is 80.5 Å². The number of aromatic nitrogens is 2. The van der Waals surface area contributed by atoms with Crippen molar-refractivity contribution in [2.75, 3.05) is 4.72 Å². The molecule has 2 aromatic carbocycles. The Bertz CT molecular complexity index is 1390. The first kappa shape index (κ1) is 19.3. The van der Waals surface area contributed by atoms with Gasteiger partial charge in [0.2, 0.25) is 0 Å². The van der Waals surface area contributed by atoms with Crippen molar-refractivity contribution in [2.24, 2.45) is 0 Å². The van der Waals surface area contributed by atoms with Crippen LogP contribution in [0.3, 0.4) is 0 Å². The van der Waals surface area contributed by atoms with Crippen molar-refractivity contribution in [1.29, 1.82) is 0 Å². The Morgan fingerprint density at radius 1 is 1.10 bits per heavy atom. The van der Waals surface area contributed by atoms with Gasteiger partial charge in [0.25, 0.3) is 15.6 Å². The van der Waals surface area contributed by atoms with E-state index in [-0.39, 0.29) is 10.5 Å². The van der Waals surface area contributed by atoms with E-state index in [1.165, 1.54) is 27.9 Å². The quantitative estimate of drug-likeness (QED) is 0.532. The lowest BCUT2D eigenvalue weighted by Crippen LogP contribution is -2.18. The zero-order chi connectivity index (χ0) is 20.8. The number of aryl methyl sites for hydroxylation is 1. The molecule has 6 nitrogen and oxygen atoms in total. The van der Waals surface area contributed by atoms with E-state index in [0.29, 0.717) is 33.2 Å². The number of thiazole rings is 1. The summed E-state index contributed by atoms with van der Waals surface area (Å²) in [5.74, 6) is -0.514. The molecule has 0 aliphatic rings. The highest BCUT2D eigenvalue weighted by Gasteiger charge is 2.16. The number of rotatable bonds is 4. The normalized spacial score (nSPS) is 11.7. The Balaban J connectivity index is 1.75. The molecule has 2 heterocycles. The average Bonchev–Trinajstić information content (AvgIpc) is 3.10. The lowest BCUT2D eigenvalue weighted by molar-refractivity contribution is 0.599. The third-order valence-electron chi connectivity index (χ3n) is 4.57. The van der Waals surface area contributed by atoms with Crippen molar-refractivity contribution >= 4 is 32.0 Å². The number of fused-ring (bicyclic) bond motifs is 1. The summed E-state index contributed by atoms with van der Waals surface area (Å²) in [5.41, 5.74) is 2.73. The second kappa shape index (κ2) is 7.09. The molecule has 0 spiro atoms. The van der Waals surface area contributed by atoms with Gasteiger partial charge in [-0.05, 0) is 50.2 Å². The maximum absolute atomic E-state index is 13.1. The predicted molar refractivity (Wildman–Crippen MR) is 111 cm³/mol. The van der Waals surface area contributed by atoms with E-state index in [1.54, 1.807) is 38.1 Å². The van der Waals surface area contributed by atoms with Gasteiger partial charge >= 0.3 is 0 Å². The molecule has 9 heteroatoms. The van der Waals surface area contributed by atoms with Gasteiger partial charge in [0.1, 0.15) is 5.82 Å². The largest absolute Gasteiger partial charge is 0.280 e. The van der Waals surface area contributed by atoms with E-state index in [1.807, 2.05) is 5.38 Å². The second-order valence-electron chi connectivity index (χ2n) is 6.51. The highest BCUT2D eigenvalue weighted by Crippen LogP contribution is 2.27. The molecule has 0 atom stereocenters. The molecule has 0 unspecified atom stereocenters. The van der Waals surface area contributed by atoms with Crippen molar-refractivity contribution in [3.8, 4) is 11.3 Å². The van der Waals surface area contributed by atoms with Crippen LogP contribution in [0.25, 0.3) is 16.2 Å². The Morgan fingerprint density at radius 2 is 1.83 bits per heavy atom. The van der Waals surface area contributed by atoms with Crippen LogP contribution in [0.5, 0.6) is 0 Å². The van der Waals surface area contributed by atoms with Crippen LogP contribution in [-0.4, -0.2) is 17.8 Å². The van der Waals surface area contributed by atoms with Crippen LogP contribution < -0.4 is 10.3 Å². The Labute approximate surface area is 170 Å². The van der Waals surface area contributed by atoms with Crippen molar-refractivity contribution < 1.29 is 12.8 Å².